The highest BCUT2D eigenvalue weighted by Crippen LogP contribution is 2.25. The van der Waals surface area contributed by atoms with Gasteiger partial charge in [0.2, 0.25) is 0 Å². The zero-order valence-electron chi connectivity index (χ0n) is 9.83. The van der Waals surface area contributed by atoms with E-state index in [0.29, 0.717) is 11.4 Å². The van der Waals surface area contributed by atoms with Crippen molar-refractivity contribution >= 4 is 0 Å². The molecular formula is C11H16N2O5. The number of aromatic amines is 1. The Morgan fingerprint density at radius 2 is 2.06 bits per heavy atom. The normalized spacial score (nSPS) is 31.6. The number of aromatic nitrogens is 1. The minimum absolute atomic E-state index is 0.290. The third-order valence-electron chi connectivity index (χ3n) is 3.16. The molecule has 0 radical (unpaired) electrons. The van der Waals surface area contributed by atoms with Crippen LogP contribution in [0.1, 0.15) is 11.6 Å². The van der Waals surface area contributed by atoms with Crippen molar-refractivity contribution in [3.63, 3.8) is 0 Å². The monoisotopic (exact) mass is 256 g/mol. The van der Waals surface area contributed by atoms with Crippen LogP contribution in [0.25, 0.3) is 0 Å². The molecule has 0 aromatic carbocycles. The molecule has 18 heavy (non-hydrogen) atoms. The molecule has 0 spiro atoms. The summed E-state index contributed by atoms with van der Waals surface area (Å²) in [6.45, 7) is -0.317. The Kier molecular flexibility index (Phi) is 3.67. The third-order valence-corrected chi connectivity index (χ3v) is 3.16. The maximum atomic E-state index is 11.8. The molecule has 2 rings (SSSR count). The number of methoxy groups -OCH3 is 1. The predicted octanol–water partition coefficient (Wildman–Crippen LogP) is -1.89. The van der Waals surface area contributed by atoms with Gasteiger partial charge >= 0.3 is 0 Å². The van der Waals surface area contributed by atoms with Crippen molar-refractivity contribution in [3.05, 3.63) is 28.0 Å². The highest BCUT2D eigenvalue weighted by Gasteiger charge is 2.42. The molecule has 0 bridgehead atoms. The maximum absolute atomic E-state index is 11.8. The lowest BCUT2D eigenvalue weighted by Gasteiger charge is -2.15. The number of ether oxygens (including phenoxy) is 1. The van der Waals surface area contributed by atoms with Crippen LogP contribution in [0.15, 0.2) is 16.9 Å². The fraction of sp³-hybridized carbons (Fsp3) is 0.545. The van der Waals surface area contributed by atoms with E-state index in [1.165, 1.54) is 13.2 Å². The molecular weight excluding hydrogens is 240 g/mol. The zero-order chi connectivity index (χ0) is 13.3. The first-order valence-corrected chi connectivity index (χ1v) is 5.58. The van der Waals surface area contributed by atoms with Gasteiger partial charge in [-0.1, -0.05) is 0 Å². The fourth-order valence-corrected chi connectivity index (χ4v) is 2.13. The topological polar surface area (TPSA) is 115 Å². The Labute approximate surface area is 103 Å². The molecule has 2 heterocycles. The number of H-pyrrole nitrogens is 1. The second-order valence-electron chi connectivity index (χ2n) is 4.23. The SMILES string of the molecule is COc1ccc([C@@H]2N[C@H](CO)[C@@H](O)[C@H]2O)c(=O)[nH]1. The number of pyridine rings is 1. The lowest BCUT2D eigenvalue weighted by Crippen LogP contribution is -2.36. The van der Waals surface area contributed by atoms with Gasteiger partial charge in [-0.3, -0.25) is 9.78 Å². The van der Waals surface area contributed by atoms with Gasteiger partial charge in [0, 0.05) is 5.56 Å². The molecule has 5 N–H and O–H groups in total. The van der Waals surface area contributed by atoms with E-state index in [1.807, 2.05) is 0 Å². The van der Waals surface area contributed by atoms with E-state index >= 15 is 0 Å². The van der Waals surface area contributed by atoms with Gasteiger partial charge in [-0.2, -0.15) is 0 Å². The molecule has 1 aliphatic rings. The summed E-state index contributed by atoms with van der Waals surface area (Å²) in [7, 11) is 1.43. The molecule has 7 heteroatoms. The molecule has 1 aromatic rings. The van der Waals surface area contributed by atoms with Crippen molar-refractivity contribution in [2.24, 2.45) is 0 Å². The van der Waals surface area contributed by atoms with Crippen LogP contribution in [0.3, 0.4) is 0 Å². The molecule has 1 aliphatic heterocycles. The van der Waals surface area contributed by atoms with Gasteiger partial charge in [-0.25, -0.2) is 0 Å². The van der Waals surface area contributed by atoms with Gasteiger partial charge in [0.25, 0.3) is 5.56 Å². The zero-order valence-corrected chi connectivity index (χ0v) is 9.83. The molecule has 100 valence electrons. The van der Waals surface area contributed by atoms with Gasteiger partial charge in [-0.15, -0.1) is 0 Å². The standard InChI is InChI=1S/C11H16N2O5/c1-18-7-3-2-5(11(17)13-7)8-10(16)9(15)6(4-14)12-8/h2-3,6,8-10,12,14-16H,4H2,1H3,(H,13,17)/t6-,8+,9-,10+/m1/s1. The summed E-state index contributed by atoms with van der Waals surface area (Å²) in [4.78, 5) is 14.3. The maximum Gasteiger partial charge on any atom is 0.255 e. The van der Waals surface area contributed by atoms with E-state index < -0.39 is 29.9 Å². The molecule has 0 unspecified atom stereocenters. The molecule has 7 nitrogen and oxygen atoms in total. The van der Waals surface area contributed by atoms with Crippen LogP contribution >= 0.6 is 0 Å². The number of rotatable bonds is 3. The van der Waals surface area contributed by atoms with Crippen LogP contribution in [0.5, 0.6) is 5.88 Å². The third kappa shape index (κ3) is 2.13. The average molecular weight is 256 g/mol. The van der Waals surface area contributed by atoms with Crippen LogP contribution in [-0.2, 0) is 0 Å². The fourth-order valence-electron chi connectivity index (χ4n) is 2.13. The lowest BCUT2D eigenvalue weighted by atomic mass is 10.0. The van der Waals surface area contributed by atoms with Crippen molar-refractivity contribution < 1.29 is 20.1 Å². The van der Waals surface area contributed by atoms with Gasteiger partial charge < -0.3 is 25.4 Å². The first-order chi connectivity index (χ1) is 8.58. The Balaban J connectivity index is 2.30. The summed E-state index contributed by atoms with van der Waals surface area (Å²) in [5, 5.41) is 31.4. The van der Waals surface area contributed by atoms with E-state index in [0.717, 1.165) is 0 Å². The summed E-state index contributed by atoms with van der Waals surface area (Å²) in [6, 6.07) is 1.72. The second-order valence-corrected chi connectivity index (χ2v) is 4.23. The van der Waals surface area contributed by atoms with Gasteiger partial charge in [0.15, 0.2) is 5.88 Å². The lowest BCUT2D eigenvalue weighted by molar-refractivity contribution is 0.0193. The van der Waals surface area contributed by atoms with Gasteiger partial charge in [0.05, 0.1) is 31.9 Å². The number of aliphatic hydroxyl groups is 3. The Bertz CT molecular complexity index is 475. The minimum Gasteiger partial charge on any atom is -0.482 e. The largest absolute Gasteiger partial charge is 0.482 e. The van der Waals surface area contributed by atoms with Crippen molar-refractivity contribution in [1.82, 2.24) is 10.3 Å². The molecule has 1 fully saturated rings. The summed E-state index contributed by atoms with van der Waals surface area (Å²) < 4.78 is 4.88. The van der Waals surface area contributed by atoms with Crippen LogP contribution in [-0.4, -0.2) is 52.3 Å². The molecule has 0 aliphatic carbocycles. The Morgan fingerprint density at radius 1 is 1.33 bits per heavy atom. The summed E-state index contributed by atoms with van der Waals surface area (Å²) in [6.07, 6.45) is -2.25. The number of hydrogen-bond acceptors (Lipinski definition) is 6. The number of nitrogens with one attached hydrogen (secondary N) is 2. The van der Waals surface area contributed by atoms with Crippen molar-refractivity contribution in [3.8, 4) is 5.88 Å². The van der Waals surface area contributed by atoms with Crippen LogP contribution < -0.4 is 15.6 Å². The highest BCUT2D eigenvalue weighted by atomic mass is 16.5. The highest BCUT2D eigenvalue weighted by molar-refractivity contribution is 5.24. The number of aliphatic hydroxyl groups excluding tert-OH is 3. The summed E-state index contributed by atoms with van der Waals surface area (Å²) >= 11 is 0. The Hall–Kier alpha value is -1.41. The van der Waals surface area contributed by atoms with Crippen molar-refractivity contribution in [2.45, 2.75) is 24.3 Å². The first kappa shape index (κ1) is 13.0. The Morgan fingerprint density at radius 3 is 2.56 bits per heavy atom. The minimum atomic E-state index is -1.14. The van der Waals surface area contributed by atoms with Crippen LogP contribution in [0.4, 0.5) is 0 Å². The predicted molar refractivity (Wildman–Crippen MR) is 62.4 cm³/mol. The molecule has 0 saturated carbocycles. The van der Waals surface area contributed by atoms with Crippen LogP contribution in [0, 0.1) is 0 Å². The molecule has 1 aromatic heterocycles. The summed E-state index contributed by atoms with van der Waals surface area (Å²) in [5.74, 6) is 0.315. The quantitative estimate of drug-likeness (QED) is 0.432. The molecule has 1 saturated heterocycles. The van der Waals surface area contributed by atoms with E-state index in [1.54, 1.807) is 6.07 Å². The van der Waals surface area contributed by atoms with Crippen molar-refractivity contribution in [1.29, 1.82) is 0 Å². The van der Waals surface area contributed by atoms with E-state index in [-0.39, 0.29) is 6.61 Å². The summed E-state index contributed by atoms with van der Waals surface area (Å²) in [5.41, 5.74) is -0.116. The van der Waals surface area contributed by atoms with Crippen LogP contribution in [0.2, 0.25) is 0 Å². The van der Waals surface area contributed by atoms with Gasteiger partial charge in [-0.05, 0) is 12.1 Å². The average Bonchev–Trinajstić information content (AvgIpc) is 2.66. The molecule has 4 atom stereocenters. The van der Waals surface area contributed by atoms with E-state index in [9.17, 15) is 15.0 Å². The smallest absolute Gasteiger partial charge is 0.255 e. The molecule has 0 amide bonds. The number of hydrogen-bond donors (Lipinski definition) is 5. The second kappa shape index (κ2) is 5.07. The first-order valence-electron chi connectivity index (χ1n) is 5.58. The van der Waals surface area contributed by atoms with E-state index in [2.05, 4.69) is 10.3 Å². The van der Waals surface area contributed by atoms with Gasteiger partial charge in [0.1, 0.15) is 6.10 Å². The van der Waals surface area contributed by atoms with E-state index in [4.69, 9.17) is 9.84 Å². The van der Waals surface area contributed by atoms with Crippen molar-refractivity contribution in [2.75, 3.05) is 13.7 Å².